The fraction of sp³-hybridized carbons (Fsp3) is 0.667. The molecule has 12 atom stereocenters. The molecule has 2 aliphatic rings. The number of carbonyl (C=O) groups excluding carboxylic acids is 5. The van der Waals surface area contributed by atoms with Crippen LogP contribution in [0.4, 0.5) is 5.82 Å². The van der Waals surface area contributed by atoms with Gasteiger partial charge in [0.05, 0.1) is 12.9 Å². The number of likely N-dealkylation sites (N-methyl/N-ethyl adjacent to an activating group) is 1. The van der Waals surface area contributed by atoms with E-state index in [1.165, 1.54) is 31.4 Å². The fourth-order valence-corrected chi connectivity index (χ4v) is 8.23. The van der Waals surface area contributed by atoms with Crippen molar-refractivity contribution in [2.75, 3.05) is 40.2 Å². The Bertz CT molecular complexity index is 1950. The highest BCUT2D eigenvalue weighted by Gasteiger charge is 2.55. The highest BCUT2D eigenvalue weighted by Crippen LogP contribution is 2.61. The number of phosphoric acid groups is 2. The predicted molar refractivity (Wildman–Crippen MR) is 188 cm³/mol. The van der Waals surface area contributed by atoms with Gasteiger partial charge in [-0.25, -0.2) is 29.0 Å². The summed E-state index contributed by atoms with van der Waals surface area (Å²) in [5.74, 6) is -4.91. The molecule has 0 amide bonds. The van der Waals surface area contributed by atoms with E-state index in [0.717, 1.165) is 46.6 Å². The van der Waals surface area contributed by atoms with Gasteiger partial charge in [0.25, 0.3) is 0 Å². The number of rotatable bonds is 17. The van der Waals surface area contributed by atoms with Gasteiger partial charge in [0, 0.05) is 48.8 Å². The van der Waals surface area contributed by atoms with Crippen molar-refractivity contribution in [3.63, 3.8) is 0 Å². The molecule has 2 fully saturated rings. The van der Waals surface area contributed by atoms with E-state index in [0.29, 0.717) is 0 Å². The zero-order chi connectivity index (χ0) is 44.0. The number of hydrogen-bond acceptors (Lipinski definition) is 24. The maximum absolute atomic E-state index is 13.5. The fourth-order valence-electron chi connectivity index (χ4n) is 6.09. The van der Waals surface area contributed by atoms with E-state index >= 15 is 0 Å². The second-order valence-corrected chi connectivity index (χ2v) is 15.6. The van der Waals surface area contributed by atoms with Crippen LogP contribution in [0.5, 0.6) is 0 Å². The summed E-state index contributed by atoms with van der Waals surface area (Å²) in [5, 5.41) is 0. The van der Waals surface area contributed by atoms with Crippen LogP contribution in [0.3, 0.4) is 0 Å². The first-order chi connectivity index (χ1) is 27.6. The van der Waals surface area contributed by atoms with Crippen LogP contribution in [0.25, 0.3) is 11.2 Å². The van der Waals surface area contributed by atoms with E-state index < -0.39 is 120 Å². The molecule has 4 N–H and O–H groups in total. The van der Waals surface area contributed by atoms with Gasteiger partial charge in [0.2, 0.25) is 12.5 Å². The highest BCUT2D eigenvalue weighted by atomic mass is 31.3. The van der Waals surface area contributed by atoms with Gasteiger partial charge in [0.15, 0.2) is 36.1 Å². The van der Waals surface area contributed by atoms with Crippen LogP contribution >= 0.6 is 15.6 Å². The van der Waals surface area contributed by atoms with Crippen molar-refractivity contribution in [3.8, 4) is 0 Å². The molecule has 4 rings (SSSR count). The summed E-state index contributed by atoms with van der Waals surface area (Å²) in [6.07, 6.45) is -13.4. The lowest BCUT2D eigenvalue weighted by molar-refractivity contribution is -0.237. The van der Waals surface area contributed by atoms with Crippen molar-refractivity contribution in [3.05, 3.63) is 12.7 Å². The Hall–Kier alpha value is -4.24. The number of methoxy groups -OCH3 is 2. The van der Waals surface area contributed by atoms with E-state index in [4.69, 9.17) is 57.4 Å². The van der Waals surface area contributed by atoms with Crippen molar-refractivity contribution in [1.29, 1.82) is 0 Å². The van der Waals surface area contributed by atoms with E-state index in [2.05, 4.69) is 19.3 Å². The number of ether oxygens (including phenoxy) is 9. The summed E-state index contributed by atoms with van der Waals surface area (Å²) in [5.41, 5.74) is 6.39. The molecule has 59 heavy (non-hydrogen) atoms. The monoisotopic (exact) mass is 886 g/mol. The van der Waals surface area contributed by atoms with Crippen LogP contribution in [0.1, 0.15) is 40.8 Å². The number of phosphoric ester groups is 2. The Morgan fingerprint density at radius 1 is 0.831 bits per heavy atom. The van der Waals surface area contributed by atoms with E-state index in [-0.39, 0.29) is 17.0 Å². The lowest BCUT2D eigenvalue weighted by Crippen LogP contribution is -2.56. The Balaban J connectivity index is 1.63. The number of aromatic nitrogens is 4. The normalized spacial score (nSPS) is 28.7. The molecule has 0 saturated carbocycles. The van der Waals surface area contributed by atoms with Gasteiger partial charge in [-0.3, -0.25) is 37.6 Å². The van der Waals surface area contributed by atoms with Crippen LogP contribution in [-0.2, 0) is 89.1 Å². The van der Waals surface area contributed by atoms with Crippen LogP contribution in [0.15, 0.2) is 12.7 Å². The van der Waals surface area contributed by atoms with E-state index in [1.54, 1.807) is 0 Å². The molecule has 2 aliphatic heterocycles. The number of nitrogen functional groups attached to an aromatic ring is 1. The Morgan fingerprint density at radius 2 is 1.46 bits per heavy atom. The SMILES string of the molecule is COC1C(COP(=O)(O)OP(=O)(O)OC2OC([C@@H](COC(C)=O)OC(C)=O)C(OC(C)=O)[C@H](OC(C)=O)N(C)[C@H]2OC(C)=O)OC(n2cnc3c(N)ncnc32)C1OC. The van der Waals surface area contributed by atoms with Gasteiger partial charge < -0.3 is 58.2 Å². The average molecular weight is 887 g/mol. The second-order valence-electron chi connectivity index (χ2n) is 12.6. The van der Waals surface area contributed by atoms with Crippen molar-refractivity contribution in [2.24, 2.45) is 0 Å². The standard InChI is InChI=1S/C30H44N6O21P2/c1-13(37)48-9-18(50-14(2)38)22-24(51-15(3)39)27(52-16(4)40)35(6)29(53-17(5)41)30(55-22)56-59(44,45)57-58(42,43)49-10-19-21(46-7)23(47-8)28(54-19)36-12-34-20-25(31)32-11-33-26(20)36/h11-12,18-19,21-24,27-30H,9-10H2,1-8H3,(H,42,43)(H,44,45)(H2,31,32,33)/t18-,19?,21?,22?,23?,24?,27+,28?,29+,30?/m1/s1. The molecule has 0 spiro atoms. The molecule has 2 aromatic heterocycles. The molecule has 2 saturated heterocycles. The average Bonchev–Trinajstić information content (AvgIpc) is 3.69. The lowest BCUT2D eigenvalue weighted by atomic mass is 10.1. The summed E-state index contributed by atoms with van der Waals surface area (Å²) < 4.78 is 92.3. The van der Waals surface area contributed by atoms with Gasteiger partial charge in [-0.15, -0.1) is 0 Å². The third-order valence-corrected chi connectivity index (χ3v) is 10.9. The number of imidazole rings is 1. The molecule has 0 radical (unpaired) electrons. The third-order valence-electron chi connectivity index (χ3n) is 8.28. The summed E-state index contributed by atoms with van der Waals surface area (Å²) >= 11 is 0. The van der Waals surface area contributed by atoms with Crippen molar-refractivity contribution in [1.82, 2.24) is 24.4 Å². The molecular formula is C30H44N6O21P2. The minimum absolute atomic E-state index is 0.0770. The highest BCUT2D eigenvalue weighted by molar-refractivity contribution is 7.61. The number of hydrogen-bond donors (Lipinski definition) is 3. The summed E-state index contributed by atoms with van der Waals surface area (Å²) in [4.78, 5) is 95.6. The second kappa shape index (κ2) is 19.9. The predicted octanol–water partition coefficient (Wildman–Crippen LogP) is -0.552. The van der Waals surface area contributed by atoms with Gasteiger partial charge >= 0.3 is 45.5 Å². The quantitative estimate of drug-likeness (QED) is 0.102. The Morgan fingerprint density at radius 3 is 2.03 bits per heavy atom. The van der Waals surface area contributed by atoms with Gasteiger partial charge in [0.1, 0.15) is 42.9 Å². The summed E-state index contributed by atoms with van der Waals surface area (Å²) in [6, 6.07) is 0. The number of carbonyl (C=O) groups is 5. The molecule has 9 unspecified atom stereocenters. The van der Waals surface area contributed by atoms with E-state index in [9.17, 15) is 42.9 Å². The molecule has 0 aromatic carbocycles. The van der Waals surface area contributed by atoms with Crippen LogP contribution in [0.2, 0.25) is 0 Å². The minimum atomic E-state index is -5.93. The number of fused-ring (bicyclic) bond motifs is 1. The maximum atomic E-state index is 13.5. The molecule has 0 bridgehead atoms. The number of nitrogens with two attached hydrogens (primary N) is 1. The van der Waals surface area contributed by atoms with E-state index in [1.807, 2.05) is 0 Å². The summed E-state index contributed by atoms with van der Waals surface area (Å²) in [6.45, 7) is 3.12. The number of nitrogens with zero attached hydrogens (tertiary/aromatic N) is 5. The van der Waals surface area contributed by atoms with Crippen molar-refractivity contribution < 1.29 is 98.9 Å². The van der Waals surface area contributed by atoms with Crippen LogP contribution < -0.4 is 5.73 Å². The zero-order valence-corrected chi connectivity index (χ0v) is 34.5. The van der Waals surface area contributed by atoms with Gasteiger partial charge in [-0.05, 0) is 7.05 Å². The molecule has 29 heteroatoms. The lowest BCUT2D eigenvalue weighted by Gasteiger charge is -2.36. The minimum Gasteiger partial charge on any atom is -0.462 e. The Kier molecular flexibility index (Phi) is 16.0. The Labute approximate surface area is 334 Å². The first-order valence-electron chi connectivity index (χ1n) is 17.1. The molecule has 4 heterocycles. The van der Waals surface area contributed by atoms with Gasteiger partial charge in [-0.1, -0.05) is 0 Å². The summed E-state index contributed by atoms with van der Waals surface area (Å²) in [7, 11) is -7.84. The smallest absolute Gasteiger partial charge is 0.462 e. The van der Waals surface area contributed by atoms with Crippen LogP contribution in [-0.4, -0.2) is 154 Å². The van der Waals surface area contributed by atoms with Crippen molar-refractivity contribution in [2.45, 2.75) is 96.2 Å². The molecule has 27 nitrogen and oxygen atoms in total. The number of anilines is 1. The van der Waals surface area contributed by atoms with Gasteiger partial charge in [-0.2, -0.15) is 4.31 Å². The molecular weight excluding hydrogens is 842 g/mol. The third kappa shape index (κ3) is 12.2. The zero-order valence-electron chi connectivity index (χ0n) is 32.7. The first-order valence-corrected chi connectivity index (χ1v) is 20.1. The van der Waals surface area contributed by atoms with Crippen molar-refractivity contribution >= 4 is 62.5 Å². The largest absolute Gasteiger partial charge is 0.483 e. The number of esters is 5. The molecule has 330 valence electrons. The molecule has 0 aliphatic carbocycles. The van der Waals surface area contributed by atoms with Crippen LogP contribution in [0, 0.1) is 0 Å². The topological polar surface area (TPSA) is 344 Å². The first kappa shape index (κ1) is 47.4. The maximum Gasteiger partial charge on any atom is 0.483 e. The molecule has 2 aromatic rings.